The average Bonchev–Trinajstić information content (AvgIpc) is 2.66. The van der Waals surface area contributed by atoms with Gasteiger partial charge >= 0.3 is 0 Å². The van der Waals surface area contributed by atoms with Crippen molar-refractivity contribution in [1.82, 2.24) is 5.32 Å². The predicted octanol–water partition coefficient (Wildman–Crippen LogP) is 2.41. The number of aliphatic hydroxyl groups excluding tert-OH is 1. The van der Waals surface area contributed by atoms with E-state index in [9.17, 15) is 9.90 Å². The van der Waals surface area contributed by atoms with E-state index < -0.39 is 12.0 Å². The van der Waals surface area contributed by atoms with Crippen molar-refractivity contribution in [3.8, 4) is 17.2 Å². The van der Waals surface area contributed by atoms with Crippen LogP contribution < -0.4 is 25.3 Å². The van der Waals surface area contributed by atoms with E-state index >= 15 is 0 Å². The summed E-state index contributed by atoms with van der Waals surface area (Å²) in [6.45, 7) is -0.0481. The van der Waals surface area contributed by atoms with Gasteiger partial charge in [-0.15, -0.1) is 0 Å². The molecule has 0 saturated heterocycles. The van der Waals surface area contributed by atoms with Gasteiger partial charge in [0.05, 0.1) is 37.6 Å². The van der Waals surface area contributed by atoms with Gasteiger partial charge in [0.2, 0.25) is 0 Å². The number of benzene rings is 2. The van der Waals surface area contributed by atoms with Gasteiger partial charge in [0.1, 0.15) is 23.4 Å². The van der Waals surface area contributed by atoms with Crippen molar-refractivity contribution >= 4 is 23.2 Å². The van der Waals surface area contributed by atoms with Gasteiger partial charge in [-0.05, 0) is 24.3 Å². The van der Waals surface area contributed by atoms with Gasteiger partial charge in [-0.2, -0.15) is 0 Å². The zero-order valence-electron chi connectivity index (χ0n) is 14.7. The van der Waals surface area contributed by atoms with E-state index in [4.69, 9.17) is 31.5 Å². The summed E-state index contributed by atoms with van der Waals surface area (Å²) in [6, 6.07) is 7.94. The second kappa shape index (κ2) is 8.64. The molecule has 2 aromatic rings. The van der Waals surface area contributed by atoms with Gasteiger partial charge in [0, 0.05) is 18.2 Å². The smallest absolute Gasteiger partial charge is 0.255 e. The molecular formula is C18H21ClN2O5. The molecule has 26 heavy (non-hydrogen) atoms. The van der Waals surface area contributed by atoms with Crippen LogP contribution in [0.3, 0.4) is 0 Å². The van der Waals surface area contributed by atoms with E-state index in [2.05, 4.69) is 5.32 Å². The molecule has 0 aliphatic rings. The van der Waals surface area contributed by atoms with Crippen molar-refractivity contribution < 1.29 is 24.1 Å². The van der Waals surface area contributed by atoms with Gasteiger partial charge in [0.25, 0.3) is 5.91 Å². The van der Waals surface area contributed by atoms with Crippen molar-refractivity contribution in [2.75, 3.05) is 33.6 Å². The lowest BCUT2D eigenvalue weighted by molar-refractivity contribution is 0.0911. The number of halogens is 1. The van der Waals surface area contributed by atoms with Gasteiger partial charge in [-0.25, -0.2) is 0 Å². The maximum atomic E-state index is 12.4. The van der Waals surface area contributed by atoms with Gasteiger partial charge in [0.15, 0.2) is 0 Å². The summed E-state index contributed by atoms with van der Waals surface area (Å²) in [6.07, 6.45) is -1.00. The van der Waals surface area contributed by atoms with Crippen LogP contribution in [0.25, 0.3) is 0 Å². The minimum Gasteiger partial charge on any atom is -0.497 e. The number of nitrogen functional groups attached to an aromatic ring is 1. The number of nitrogens with two attached hydrogens (primary N) is 1. The Morgan fingerprint density at radius 3 is 2.46 bits per heavy atom. The Bertz CT molecular complexity index is 797. The van der Waals surface area contributed by atoms with Crippen molar-refractivity contribution in [1.29, 1.82) is 0 Å². The number of amides is 1. The molecule has 0 fully saturated rings. The molecule has 4 N–H and O–H groups in total. The summed E-state index contributed by atoms with van der Waals surface area (Å²) in [5.41, 5.74) is 6.73. The quantitative estimate of drug-likeness (QED) is 0.637. The molecule has 0 saturated carbocycles. The molecule has 0 aliphatic carbocycles. The first kappa shape index (κ1) is 19.7. The summed E-state index contributed by atoms with van der Waals surface area (Å²) in [5.74, 6) is 0.890. The molecule has 0 radical (unpaired) electrons. The molecule has 1 unspecified atom stereocenters. The number of carbonyl (C=O) groups is 1. The highest BCUT2D eigenvalue weighted by Crippen LogP contribution is 2.30. The van der Waals surface area contributed by atoms with E-state index in [0.717, 1.165) is 0 Å². The van der Waals surface area contributed by atoms with E-state index in [1.165, 1.54) is 33.5 Å². The molecule has 0 spiro atoms. The Kier molecular flexibility index (Phi) is 6.54. The van der Waals surface area contributed by atoms with Crippen LogP contribution in [0.1, 0.15) is 22.0 Å². The summed E-state index contributed by atoms with van der Waals surface area (Å²) >= 11 is 5.98. The minimum atomic E-state index is -1.00. The Morgan fingerprint density at radius 2 is 1.85 bits per heavy atom. The zero-order chi connectivity index (χ0) is 19.3. The van der Waals surface area contributed by atoms with Crippen molar-refractivity contribution in [2.45, 2.75) is 6.10 Å². The van der Waals surface area contributed by atoms with Crippen LogP contribution >= 0.6 is 11.6 Å². The topological polar surface area (TPSA) is 103 Å². The van der Waals surface area contributed by atoms with Gasteiger partial charge < -0.3 is 30.4 Å². The van der Waals surface area contributed by atoms with E-state index in [1.54, 1.807) is 18.2 Å². The third-order valence-corrected chi connectivity index (χ3v) is 4.14. The Morgan fingerprint density at radius 1 is 1.15 bits per heavy atom. The van der Waals surface area contributed by atoms with Crippen LogP contribution in [0.2, 0.25) is 5.02 Å². The molecule has 2 rings (SSSR count). The molecule has 0 aliphatic heterocycles. The zero-order valence-corrected chi connectivity index (χ0v) is 15.5. The first-order valence-electron chi connectivity index (χ1n) is 7.72. The molecule has 0 bridgehead atoms. The monoisotopic (exact) mass is 380 g/mol. The van der Waals surface area contributed by atoms with Gasteiger partial charge in [-0.1, -0.05) is 11.6 Å². The molecule has 7 nitrogen and oxygen atoms in total. The lowest BCUT2D eigenvalue weighted by Gasteiger charge is -2.17. The Balaban J connectivity index is 2.16. The molecule has 0 aromatic heterocycles. The molecule has 2 aromatic carbocycles. The van der Waals surface area contributed by atoms with Crippen LogP contribution in [0.5, 0.6) is 17.2 Å². The summed E-state index contributed by atoms with van der Waals surface area (Å²) in [4.78, 5) is 12.4. The molecular weight excluding hydrogens is 360 g/mol. The molecule has 0 heterocycles. The molecule has 1 amide bonds. The number of aliphatic hydroxyl groups is 1. The fraction of sp³-hybridized carbons (Fsp3) is 0.278. The van der Waals surface area contributed by atoms with Crippen LogP contribution in [0.4, 0.5) is 5.69 Å². The fourth-order valence-electron chi connectivity index (χ4n) is 2.41. The summed E-state index contributed by atoms with van der Waals surface area (Å²) < 4.78 is 15.6. The predicted molar refractivity (Wildman–Crippen MR) is 99.3 cm³/mol. The van der Waals surface area contributed by atoms with Gasteiger partial charge in [-0.3, -0.25) is 4.79 Å². The summed E-state index contributed by atoms with van der Waals surface area (Å²) in [5, 5.41) is 13.3. The number of hydrogen-bond acceptors (Lipinski definition) is 6. The average molecular weight is 381 g/mol. The van der Waals surface area contributed by atoms with E-state index in [-0.39, 0.29) is 22.9 Å². The standard InChI is InChI=1S/C18H21ClN2O5/c1-24-10-4-5-16(25-2)11(6-10)15(22)9-21-18(23)12-7-13(19)14(20)8-17(12)26-3/h4-8,15,22H,9,20H2,1-3H3,(H,21,23). The van der Waals surface area contributed by atoms with Crippen LogP contribution in [-0.2, 0) is 0 Å². The third kappa shape index (κ3) is 4.30. The maximum Gasteiger partial charge on any atom is 0.255 e. The number of nitrogens with one attached hydrogen (secondary N) is 1. The second-order valence-electron chi connectivity index (χ2n) is 5.41. The van der Waals surface area contributed by atoms with Crippen LogP contribution in [0, 0.1) is 0 Å². The number of methoxy groups -OCH3 is 3. The number of ether oxygens (including phenoxy) is 3. The normalized spacial score (nSPS) is 11.6. The highest BCUT2D eigenvalue weighted by Gasteiger charge is 2.19. The van der Waals surface area contributed by atoms with Crippen molar-refractivity contribution in [3.05, 3.63) is 46.5 Å². The lowest BCUT2D eigenvalue weighted by Crippen LogP contribution is -2.29. The Hall–Kier alpha value is -2.64. The highest BCUT2D eigenvalue weighted by molar-refractivity contribution is 6.33. The lowest BCUT2D eigenvalue weighted by atomic mass is 10.1. The largest absolute Gasteiger partial charge is 0.497 e. The summed E-state index contributed by atoms with van der Waals surface area (Å²) in [7, 11) is 4.45. The SMILES string of the molecule is COc1ccc(OC)c(C(O)CNC(=O)c2cc(Cl)c(N)cc2OC)c1. The fourth-order valence-corrected chi connectivity index (χ4v) is 2.57. The van der Waals surface area contributed by atoms with Crippen LogP contribution in [0.15, 0.2) is 30.3 Å². The number of carbonyl (C=O) groups excluding carboxylic acids is 1. The molecule has 8 heteroatoms. The molecule has 140 valence electrons. The van der Waals surface area contributed by atoms with Crippen molar-refractivity contribution in [3.63, 3.8) is 0 Å². The van der Waals surface area contributed by atoms with E-state index in [1.807, 2.05) is 0 Å². The first-order chi connectivity index (χ1) is 12.4. The first-order valence-corrected chi connectivity index (χ1v) is 8.10. The number of rotatable bonds is 7. The van der Waals surface area contributed by atoms with Crippen LogP contribution in [-0.4, -0.2) is 38.9 Å². The minimum absolute atomic E-state index is 0.0481. The highest BCUT2D eigenvalue weighted by atomic mass is 35.5. The molecule has 1 atom stereocenters. The third-order valence-electron chi connectivity index (χ3n) is 3.82. The number of anilines is 1. The second-order valence-corrected chi connectivity index (χ2v) is 5.81. The number of hydrogen-bond donors (Lipinski definition) is 3. The Labute approximate surface area is 156 Å². The van der Waals surface area contributed by atoms with Crippen molar-refractivity contribution in [2.24, 2.45) is 0 Å². The van der Waals surface area contributed by atoms with E-state index in [0.29, 0.717) is 22.7 Å². The maximum absolute atomic E-state index is 12.4.